The zero-order valence-corrected chi connectivity index (χ0v) is 16.0. The molecule has 7 heteroatoms. The summed E-state index contributed by atoms with van der Waals surface area (Å²) in [6.45, 7) is 1.99. The molecule has 0 spiro atoms. The summed E-state index contributed by atoms with van der Waals surface area (Å²) in [5.74, 6) is -0.0275. The van der Waals surface area contributed by atoms with Crippen molar-refractivity contribution in [2.75, 3.05) is 31.7 Å². The fourth-order valence-corrected chi connectivity index (χ4v) is 3.75. The molecule has 0 aliphatic carbocycles. The summed E-state index contributed by atoms with van der Waals surface area (Å²) in [4.78, 5) is 29.1. The molecule has 2 aliphatic heterocycles. The Kier molecular flexibility index (Phi) is 7.43. The first-order valence-electron chi connectivity index (χ1n) is 9.06. The van der Waals surface area contributed by atoms with E-state index >= 15 is 0 Å². The molecule has 2 atom stereocenters. The van der Waals surface area contributed by atoms with Gasteiger partial charge in [-0.1, -0.05) is 18.2 Å². The van der Waals surface area contributed by atoms with Crippen molar-refractivity contribution < 1.29 is 14.3 Å². The Hall–Kier alpha value is -1.63. The van der Waals surface area contributed by atoms with Crippen LogP contribution in [-0.2, 0) is 14.3 Å². The maximum atomic E-state index is 12.9. The maximum Gasteiger partial charge on any atom is 0.249 e. The number of hydrogen-bond donors (Lipinski definition) is 1. The Morgan fingerprint density at radius 3 is 2.54 bits per heavy atom. The number of carbonyl (C=O) groups excluding carboxylic acids is 2. The smallest absolute Gasteiger partial charge is 0.249 e. The van der Waals surface area contributed by atoms with Gasteiger partial charge in [0.1, 0.15) is 6.04 Å². The minimum Gasteiger partial charge on any atom is -0.381 e. The van der Waals surface area contributed by atoms with Crippen LogP contribution < -0.4 is 10.6 Å². The van der Waals surface area contributed by atoms with Crippen LogP contribution in [0.5, 0.6) is 0 Å². The zero-order valence-electron chi connectivity index (χ0n) is 15.2. The van der Waals surface area contributed by atoms with Crippen molar-refractivity contribution in [3.8, 4) is 0 Å². The molecule has 1 aromatic rings. The number of hydrogen-bond acceptors (Lipinski definition) is 4. The lowest BCUT2D eigenvalue weighted by Gasteiger charge is -2.38. The van der Waals surface area contributed by atoms with E-state index in [1.165, 1.54) is 0 Å². The number of likely N-dealkylation sites (N-methyl/N-ethyl adjacent to an activating group) is 1. The molecule has 144 valence electrons. The molecular weight excluding hydrogens is 354 g/mol. The number of ether oxygens (including phenoxy) is 1. The molecule has 2 amide bonds. The highest BCUT2D eigenvalue weighted by Crippen LogP contribution is 2.25. The van der Waals surface area contributed by atoms with Crippen LogP contribution in [0.2, 0.25) is 0 Å². The van der Waals surface area contributed by atoms with Gasteiger partial charge < -0.3 is 20.3 Å². The van der Waals surface area contributed by atoms with Crippen LogP contribution in [-0.4, -0.2) is 55.6 Å². The molecule has 2 N–H and O–H groups in total. The van der Waals surface area contributed by atoms with Gasteiger partial charge in [0.15, 0.2) is 0 Å². The van der Waals surface area contributed by atoms with E-state index in [-0.39, 0.29) is 30.1 Å². The van der Waals surface area contributed by atoms with Gasteiger partial charge >= 0.3 is 0 Å². The largest absolute Gasteiger partial charge is 0.381 e. The standard InChI is InChI=1S/C19H27N3O3.ClH/c1-21(19(24)17(20)14-9-12-25-13-10-14)16-8-5-11-22(18(16)23)15-6-3-2-4-7-15;/h2-4,6-7,14,16-17H,5,8-13,20H2,1H3;1H. The molecule has 1 aromatic carbocycles. The van der Waals surface area contributed by atoms with Crippen molar-refractivity contribution in [2.24, 2.45) is 11.7 Å². The second-order valence-electron chi connectivity index (χ2n) is 6.91. The second kappa shape index (κ2) is 9.35. The fraction of sp³-hybridized carbons (Fsp3) is 0.579. The number of amides is 2. The van der Waals surface area contributed by atoms with Crippen LogP contribution in [0.15, 0.2) is 30.3 Å². The first-order chi connectivity index (χ1) is 12.1. The molecule has 6 nitrogen and oxygen atoms in total. The van der Waals surface area contributed by atoms with Gasteiger partial charge in [0, 0.05) is 32.5 Å². The van der Waals surface area contributed by atoms with Crippen LogP contribution in [0.4, 0.5) is 5.69 Å². The molecule has 0 saturated carbocycles. The summed E-state index contributed by atoms with van der Waals surface area (Å²) < 4.78 is 5.35. The van der Waals surface area contributed by atoms with E-state index < -0.39 is 12.1 Å². The molecule has 0 radical (unpaired) electrons. The van der Waals surface area contributed by atoms with Crippen LogP contribution >= 0.6 is 12.4 Å². The summed E-state index contributed by atoms with van der Waals surface area (Å²) in [7, 11) is 1.71. The minimum absolute atomic E-state index is 0. The van der Waals surface area contributed by atoms with E-state index in [1.807, 2.05) is 30.3 Å². The van der Waals surface area contributed by atoms with Crippen molar-refractivity contribution >= 4 is 29.9 Å². The Morgan fingerprint density at radius 2 is 1.88 bits per heavy atom. The van der Waals surface area contributed by atoms with E-state index in [0.29, 0.717) is 26.2 Å². The van der Waals surface area contributed by atoms with Gasteiger partial charge in [0.25, 0.3) is 0 Å². The molecule has 3 rings (SSSR count). The molecule has 2 aliphatic rings. The Labute approximate surface area is 161 Å². The number of para-hydroxylation sites is 1. The summed E-state index contributed by atoms with van der Waals surface area (Å²) in [5.41, 5.74) is 7.10. The van der Waals surface area contributed by atoms with E-state index in [9.17, 15) is 9.59 Å². The fourth-order valence-electron chi connectivity index (χ4n) is 3.75. The van der Waals surface area contributed by atoms with Gasteiger partial charge in [0.05, 0.1) is 6.04 Å². The predicted molar refractivity (Wildman–Crippen MR) is 103 cm³/mol. The molecule has 2 fully saturated rings. The Balaban J connectivity index is 0.00000243. The van der Waals surface area contributed by atoms with Crippen LogP contribution in [0.1, 0.15) is 25.7 Å². The van der Waals surface area contributed by atoms with Gasteiger partial charge in [0.2, 0.25) is 11.8 Å². The average molecular weight is 382 g/mol. The number of nitrogens with two attached hydrogens (primary N) is 1. The number of piperidine rings is 1. The Morgan fingerprint density at radius 1 is 1.23 bits per heavy atom. The maximum absolute atomic E-state index is 12.9. The molecule has 0 aromatic heterocycles. The predicted octanol–water partition coefficient (Wildman–Crippen LogP) is 1.82. The van der Waals surface area contributed by atoms with Crippen molar-refractivity contribution in [2.45, 2.75) is 37.8 Å². The molecule has 0 bridgehead atoms. The molecular formula is C19H28ClN3O3. The number of carbonyl (C=O) groups is 2. The average Bonchev–Trinajstić information content (AvgIpc) is 2.68. The number of benzene rings is 1. The number of nitrogens with zero attached hydrogens (tertiary/aromatic N) is 2. The lowest BCUT2D eigenvalue weighted by atomic mass is 9.91. The third-order valence-electron chi connectivity index (χ3n) is 5.35. The molecule has 2 saturated heterocycles. The first-order valence-corrected chi connectivity index (χ1v) is 9.06. The third kappa shape index (κ3) is 4.37. The second-order valence-corrected chi connectivity index (χ2v) is 6.91. The summed E-state index contributed by atoms with van der Waals surface area (Å²) in [5, 5.41) is 0. The van der Waals surface area contributed by atoms with Gasteiger partial charge in [-0.2, -0.15) is 0 Å². The molecule has 26 heavy (non-hydrogen) atoms. The normalized spacial score (nSPS) is 22.5. The van der Waals surface area contributed by atoms with Crippen molar-refractivity contribution in [3.05, 3.63) is 30.3 Å². The number of halogens is 1. The lowest BCUT2D eigenvalue weighted by molar-refractivity contribution is -0.141. The van der Waals surface area contributed by atoms with Crippen LogP contribution in [0.25, 0.3) is 0 Å². The van der Waals surface area contributed by atoms with E-state index in [2.05, 4.69) is 0 Å². The highest BCUT2D eigenvalue weighted by Gasteiger charge is 2.37. The summed E-state index contributed by atoms with van der Waals surface area (Å²) >= 11 is 0. The van der Waals surface area contributed by atoms with Gasteiger partial charge in [-0.15, -0.1) is 12.4 Å². The first kappa shape index (κ1) is 20.7. The minimum atomic E-state index is -0.561. The van der Waals surface area contributed by atoms with Gasteiger partial charge in [-0.3, -0.25) is 9.59 Å². The van der Waals surface area contributed by atoms with Gasteiger partial charge in [-0.05, 0) is 43.7 Å². The zero-order chi connectivity index (χ0) is 17.8. The topological polar surface area (TPSA) is 75.9 Å². The van der Waals surface area contributed by atoms with Crippen molar-refractivity contribution in [1.29, 1.82) is 0 Å². The Bertz CT molecular complexity index is 607. The summed E-state index contributed by atoms with van der Waals surface area (Å²) in [6.07, 6.45) is 3.16. The summed E-state index contributed by atoms with van der Waals surface area (Å²) in [6, 6.07) is 8.62. The van der Waals surface area contributed by atoms with Crippen molar-refractivity contribution in [1.82, 2.24) is 4.90 Å². The van der Waals surface area contributed by atoms with Crippen molar-refractivity contribution in [3.63, 3.8) is 0 Å². The number of rotatable bonds is 4. The monoisotopic (exact) mass is 381 g/mol. The number of anilines is 1. The quantitative estimate of drug-likeness (QED) is 0.863. The van der Waals surface area contributed by atoms with Crippen LogP contribution in [0.3, 0.4) is 0 Å². The van der Waals surface area contributed by atoms with E-state index in [0.717, 1.165) is 24.9 Å². The highest BCUT2D eigenvalue weighted by atomic mass is 35.5. The van der Waals surface area contributed by atoms with E-state index in [1.54, 1.807) is 16.8 Å². The van der Waals surface area contributed by atoms with E-state index in [4.69, 9.17) is 10.5 Å². The highest BCUT2D eigenvalue weighted by molar-refractivity contribution is 6.00. The SMILES string of the molecule is CN(C(=O)C(N)C1CCOCC1)C1CCCN(c2ccccc2)C1=O.Cl. The van der Waals surface area contributed by atoms with Gasteiger partial charge in [-0.25, -0.2) is 0 Å². The lowest BCUT2D eigenvalue weighted by Crippen LogP contribution is -2.57. The third-order valence-corrected chi connectivity index (χ3v) is 5.35. The molecule has 2 heterocycles. The molecule has 2 unspecified atom stereocenters. The van der Waals surface area contributed by atoms with Crippen LogP contribution in [0, 0.1) is 5.92 Å².